The van der Waals surface area contributed by atoms with Gasteiger partial charge in [-0.3, -0.25) is 0 Å². The maximum Gasteiger partial charge on any atom is 0.133 e. The van der Waals surface area contributed by atoms with Gasteiger partial charge >= 0.3 is 0 Å². The number of ether oxygens (including phenoxy) is 2. The number of likely N-dealkylation sites (N-methyl/N-ethyl adjacent to an activating group) is 1. The largest absolute Gasteiger partial charge is 0.486 e. The van der Waals surface area contributed by atoms with E-state index in [1.165, 1.54) is 0 Å². The predicted octanol–water partition coefficient (Wildman–Crippen LogP) is 2.05. The molecule has 1 fully saturated rings. The summed E-state index contributed by atoms with van der Waals surface area (Å²) in [6, 6.07) is 8.47. The Morgan fingerprint density at radius 3 is 2.75 bits per heavy atom. The van der Waals surface area contributed by atoms with E-state index >= 15 is 0 Å². The summed E-state index contributed by atoms with van der Waals surface area (Å²) in [6.45, 7) is 0. The van der Waals surface area contributed by atoms with Gasteiger partial charge in [0.15, 0.2) is 0 Å². The summed E-state index contributed by atoms with van der Waals surface area (Å²) in [6.07, 6.45) is 1.32. The molecule has 1 aromatic rings. The number of para-hydroxylation sites is 1. The van der Waals surface area contributed by atoms with Gasteiger partial charge in [-0.25, -0.2) is 0 Å². The number of benzene rings is 1. The van der Waals surface area contributed by atoms with Crippen molar-refractivity contribution < 1.29 is 9.47 Å². The van der Waals surface area contributed by atoms with Gasteiger partial charge in [-0.05, 0) is 41.8 Å². The first-order chi connectivity index (χ1) is 7.76. The maximum atomic E-state index is 5.94. The van der Waals surface area contributed by atoms with Crippen molar-refractivity contribution in [2.24, 2.45) is 0 Å². The second-order valence-corrected chi connectivity index (χ2v) is 5.08. The van der Waals surface area contributed by atoms with Crippen molar-refractivity contribution in [2.75, 3.05) is 14.2 Å². The third-order valence-corrected chi connectivity index (χ3v) is 3.90. The van der Waals surface area contributed by atoms with E-state index in [0.717, 1.165) is 15.7 Å². The third-order valence-electron chi connectivity index (χ3n) is 3.01. The van der Waals surface area contributed by atoms with Crippen LogP contribution in [-0.4, -0.2) is 32.4 Å². The fraction of sp³-hybridized carbons (Fsp3) is 0.500. The summed E-state index contributed by atoms with van der Waals surface area (Å²) in [4.78, 5) is 0. The molecule has 0 amide bonds. The predicted molar refractivity (Wildman–Crippen MR) is 71.8 cm³/mol. The van der Waals surface area contributed by atoms with E-state index in [9.17, 15) is 0 Å². The van der Waals surface area contributed by atoms with Crippen molar-refractivity contribution in [2.45, 2.75) is 24.7 Å². The van der Waals surface area contributed by atoms with E-state index in [1.54, 1.807) is 7.11 Å². The summed E-state index contributed by atoms with van der Waals surface area (Å²) < 4.78 is 12.5. The Morgan fingerprint density at radius 2 is 2.12 bits per heavy atom. The van der Waals surface area contributed by atoms with Crippen LogP contribution in [0.1, 0.15) is 6.42 Å². The molecule has 1 aromatic carbocycles. The zero-order valence-electron chi connectivity index (χ0n) is 9.44. The van der Waals surface area contributed by atoms with E-state index in [-0.39, 0.29) is 12.2 Å². The van der Waals surface area contributed by atoms with Crippen LogP contribution in [-0.2, 0) is 4.74 Å². The van der Waals surface area contributed by atoms with Gasteiger partial charge < -0.3 is 14.8 Å². The molecule has 16 heavy (non-hydrogen) atoms. The van der Waals surface area contributed by atoms with Crippen molar-refractivity contribution in [3.63, 3.8) is 0 Å². The number of hydrogen-bond acceptors (Lipinski definition) is 3. The van der Waals surface area contributed by atoms with Crippen LogP contribution >= 0.6 is 22.6 Å². The molecule has 0 aliphatic heterocycles. The lowest BCUT2D eigenvalue weighted by Crippen LogP contribution is -2.60. The van der Waals surface area contributed by atoms with E-state index in [0.29, 0.717) is 6.04 Å². The molecule has 1 N–H and O–H groups in total. The van der Waals surface area contributed by atoms with Crippen LogP contribution in [0.2, 0.25) is 0 Å². The number of halogens is 1. The smallest absolute Gasteiger partial charge is 0.133 e. The molecule has 1 aliphatic rings. The van der Waals surface area contributed by atoms with Gasteiger partial charge in [-0.1, -0.05) is 12.1 Å². The van der Waals surface area contributed by atoms with Crippen molar-refractivity contribution in [1.82, 2.24) is 5.32 Å². The number of hydrogen-bond donors (Lipinski definition) is 1. The van der Waals surface area contributed by atoms with Crippen LogP contribution in [0.5, 0.6) is 5.75 Å². The Labute approximate surface area is 110 Å². The maximum absolute atomic E-state index is 5.94. The number of methoxy groups -OCH3 is 1. The molecule has 4 heteroatoms. The highest BCUT2D eigenvalue weighted by Crippen LogP contribution is 2.30. The zero-order chi connectivity index (χ0) is 11.5. The average molecular weight is 333 g/mol. The first kappa shape index (κ1) is 12.1. The highest BCUT2D eigenvalue weighted by Gasteiger charge is 2.42. The lowest BCUT2D eigenvalue weighted by Gasteiger charge is -2.43. The molecule has 0 bridgehead atoms. The van der Waals surface area contributed by atoms with Crippen molar-refractivity contribution in [3.05, 3.63) is 27.8 Å². The summed E-state index contributed by atoms with van der Waals surface area (Å²) in [5, 5.41) is 3.23. The molecule has 3 atom stereocenters. The summed E-state index contributed by atoms with van der Waals surface area (Å²) in [7, 11) is 3.69. The minimum Gasteiger partial charge on any atom is -0.486 e. The molecule has 0 aromatic heterocycles. The SMILES string of the molecule is CNC1CC(Oc2ccccc2I)C1OC. The summed E-state index contributed by atoms with van der Waals surface area (Å²) >= 11 is 2.29. The van der Waals surface area contributed by atoms with Crippen LogP contribution in [0.15, 0.2) is 24.3 Å². The molecule has 2 rings (SSSR count). The van der Waals surface area contributed by atoms with Crippen molar-refractivity contribution in [1.29, 1.82) is 0 Å². The minimum atomic E-state index is 0.154. The first-order valence-electron chi connectivity index (χ1n) is 5.37. The molecule has 0 saturated heterocycles. The highest BCUT2D eigenvalue weighted by atomic mass is 127. The molecule has 0 spiro atoms. The fourth-order valence-electron chi connectivity index (χ4n) is 2.00. The van der Waals surface area contributed by atoms with Gasteiger partial charge in [-0.15, -0.1) is 0 Å². The van der Waals surface area contributed by atoms with Crippen LogP contribution < -0.4 is 10.1 Å². The van der Waals surface area contributed by atoms with Crippen molar-refractivity contribution >= 4 is 22.6 Å². The molecule has 0 radical (unpaired) electrons. The molecular weight excluding hydrogens is 317 g/mol. The number of nitrogens with one attached hydrogen (secondary N) is 1. The lowest BCUT2D eigenvalue weighted by molar-refractivity contribution is -0.0872. The summed E-state index contributed by atoms with van der Waals surface area (Å²) in [5.74, 6) is 0.949. The second-order valence-electron chi connectivity index (χ2n) is 3.92. The molecular formula is C12H16INO2. The van der Waals surface area contributed by atoms with Gasteiger partial charge in [-0.2, -0.15) is 0 Å². The molecule has 3 unspecified atom stereocenters. The highest BCUT2D eigenvalue weighted by molar-refractivity contribution is 14.1. The third kappa shape index (κ3) is 2.33. The molecule has 88 valence electrons. The van der Waals surface area contributed by atoms with Gasteiger partial charge in [0.1, 0.15) is 18.0 Å². The summed E-state index contributed by atoms with van der Waals surface area (Å²) in [5.41, 5.74) is 0. The van der Waals surface area contributed by atoms with Gasteiger partial charge in [0.05, 0.1) is 3.57 Å². The fourth-order valence-corrected chi connectivity index (χ4v) is 2.51. The van der Waals surface area contributed by atoms with Crippen LogP contribution in [0, 0.1) is 3.57 Å². The Morgan fingerprint density at radius 1 is 1.38 bits per heavy atom. The van der Waals surface area contributed by atoms with Crippen LogP contribution in [0.3, 0.4) is 0 Å². The van der Waals surface area contributed by atoms with Crippen LogP contribution in [0.4, 0.5) is 0 Å². The molecule has 0 heterocycles. The van der Waals surface area contributed by atoms with Gasteiger partial charge in [0.2, 0.25) is 0 Å². The molecule has 1 aliphatic carbocycles. The number of rotatable bonds is 4. The Balaban J connectivity index is 1.99. The van der Waals surface area contributed by atoms with Gasteiger partial charge in [0.25, 0.3) is 0 Å². The Kier molecular flexibility index (Phi) is 4.05. The monoisotopic (exact) mass is 333 g/mol. The van der Waals surface area contributed by atoms with Crippen LogP contribution in [0.25, 0.3) is 0 Å². The van der Waals surface area contributed by atoms with E-state index < -0.39 is 0 Å². The topological polar surface area (TPSA) is 30.5 Å². The molecule has 1 saturated carbocycles. The first-order valence-corrected chi connectivity index (χ1v) is 6.45. The second kappa shape index (κ2) is 5.33. The zero-order valence-corrected chi connectivity index (χ0v) is 11.6. The van der Waals surface area contributed by atoms with E-state index in [1.807, 2.05) is 31.3 Å². The Hall–Kier alpha value is -0.330. The Bertz CT molecular complexity index is 359. The minimum absolute atomic E-state index is 0.154. The molecule has 3 nitrogen and oxygen atoms in total. The van der Waals surface area contributed by atoms with Gasteiger partial charge in [0, 0.05) is 19.6 Å². The normalized spacial score (nSPS) is 28.6. The van der Waals surface area contributed by atoms with E-state index in [2.05, 4.69) is 27.9 Å². The average Bonchev–Trinajstić information content (AvgIpc) is 2.26. The van der Waals surface area contributed by atoms with E-state index in [4.69, 9.17) is 9.47 Å². The standard InChI is InChI=1S/C12H16INO2/c1-14-9-7-11(12(9)15-2)16-10-6-4-3-5-8(10)13/h3-6,9,11-12,14H,7H2,1-2H3. The van der Waals surface area contributed by atoms with Crippen molar-refractivity contribution in [3.8, 4) is 5.75 Å². The quantitative estimate of drug-likeness (QED) is 0.856. The lowest BCUT2D eigenvalue weighted by atomic mass is 9.85.